The third kappa shape index (κ3) is 5.88. The molecule has 0 bridgehead atoms. The number of carboxylic acid groups (broad SMARTS) is 1. The first-order chi connectivity index (χ1) is 16.6. The van der Waals surface area contributed by atoms with E-state index in [4.69, 9.17) is 9.47 Å². The van der Waals surface area contributed by atoms with Gasteiger partial charge in [0.05, 0.1) is 14.7 Å². The molecule has 182 valence electrons. The summed E-state index contributed by atoms with van der Waals surface area (Å²) < 4.78 is 62.3. The van der Waals surface area contributed by atoms with E-state index in [0.717, 1.165) is 0 Å². The van der Waals surface area contributed by atoms with Gasteiger partial charge in [-0.2, -0.15) is 13.2 Å². The molecule has 2 aromatic heterocycles. The van der Waals surface area contributed by atoms with E-state index >= 15 is 0 Å². The van der Waals surface area contributed by atoms with Crippen molar-refractivity contribution >= 4 is 43.5 Å². The molecule has 0 spiro atoms. The molecule has 0 aliphatic carbocycles. The van der Waals surface area contributed by atoms with Gasteiger partial charge in [0.2, 0.25) is 12.0 Å². The van der Waals surface area contributed by atoms with Crippen LogP contribution in [0.4, 0.5) is 17.6 Å². The first-order valence-electron chi connectivity index (χ1n) is 9.98. The normalized spacial score (nSPS) is 12.5. The smallest absolute Gasteiger partial charge is 0.422 e. The second kappa shape index (κ2) is 10.2. The summed E-state index contributed by atoms with van der Waals surface area (Å²) in [6, 6.07) is 11.7. The Labute approximate surface area is 208 Å². The predicted molar refractivity (Wildman–Crippen MR) is 124 cm³/mol. The predicted octanol–water partition coefficient (Wildman–Crippen LogP) is 6.28. The largest absolute Gasteiger partial charge is 0.484 e. The fourth-order valence-corrected chi connectivity index (χ4v) is 5.23. The lowest BCUT2D eigenvalue weighted by molar-refractivity contribution is -0.153. The van der Waals surface area contributed by atoms with Crippen LogP contribution in [0.3, 0.4) is 0 Å². The highest BCUT2D eigenvalue weighted by molar-refractivity contribution is 9.10. The summed E-state index contributed by atoms with van der Waals surface area (Å²) in [6.07, 6.45) is -5.09. The van der Waals surface area contributed by atoms with Crippen molar-refractivity contribution in [2.75, 3.05) is 6.61 Å². The quantitative estimate of drug-likeness (QED) is 0.251. The Morgan fingerprint density at radius 1 is 1.11 bits per heavy atom. The number of aromatic nitrogens is 2. The Balaban J connectivity index is 1.64. The molecule has 2 aromatic carbocycles. The molecular weight excluding hydrogens is 556 g/mol. The standard InChI is InChI=1S/C23H15BrF4N2O4S/c24-18-17-20(29-11-30-21(17)35-19(18)12-5-7-14(25)8-6-12)34-16(22(31)32)9-13-3-1-2-4-15(13)33-10-23(26,27)28/h1-8,11,16H,9-10H2,(H,31,32)/t16-/m1/s1. The maximum atomic E-state index is 13.3. The summed E-state index contributed by atoms with van der Waals surface area (Å²) in [4.78, 5) is 21.5. The second-order valence-corrected chi connectivity index (χ2v) is 9.06. The monoisotopic (exact) mass is 570 g/mol. The second-order valence-electron chi connectivity index (χ2n) is 7.27. The number of thiophene rings is 1. The van der Waals surface area contributed by atoms with Gasteiger partial charge in [0.1, 0.15) is 22.7 Å². The molecule has 0 unspecified atom stereocenters. The van der Waals surface area contributed by atoms with Gasteiger partial charge in [-0.25, -0.2) is 19.2 Å². The zero-order chi connectivity index (χ0) is 25.2. The van der Waals surface area contributed by atoms with E-state index in [-0.39, 0.29) is 23.6 Å². The van der Waals surface area contributed by atoms with E-state index in [0.29, 0.717) is 25.1 Å². The van der Waals surface area contributed by atoms with Crippen molar-refractivity contribution in [3.05, 3.63) is 70.7 Å². The molecule has 0 aliphatic rings. The maximum absolute atomic E-state index is 13.3. The van der Waals surface area contributed by atoms with Crippen molar-refractivity contribution in [1.82, 2.24) is 9.97 Å². The first-order valence-corrected chi connectivity index (χ1v) is 11.6. The number of para-hydroxylation sites is 1. The highest BCUT2D eigenvalue weighted by Crippen LogP contribution is 2.44. The highest BCUT2D eigenvalue weighted by Gasteiger charge is 2.30. The van der Waals surface area contributed by atoms with Gasteiger partial charge >= 0.3 is 12.1 Å². The molecule has 0 fully saturated rings. The van der Waals surface area contributed by atoms with Gasteiger partial charge in [0.25, 0.3) is 0 Å². The molecule has 0 saturated heterocycles. The van der Waals surface area contributed by atoms with Gasteiger partial charge in [-0.15, -0.1) is 11.3 Å². The summed E-state index contributed by atoms with van der Waals surface area (Å²) >= 11 is 4.76. The zero-order valence-electron chi connectivity index (χ0n) is 17.6. The average molecular weight is 571 g/mol. The van der Waals surface area contributed by atoms with E-state index in [9.17, 15) is 27.5 Å². The molecular formula is C23H15BrF4N2O4S. The highest BCUT2D eigenvalue weighted by atomic mass is 79.9. The minimum absolute atomic E-state index is 0.0208. The molecule has 6 nitrogen and oxygen atoms in total. The third-order valence-corrected chi connectivity index (χ3v) is 7.00. The van der Waals surface area contributed by atoms with Crippen LogP contribution in [-0.4, -0.2) is 39.9 Å². The Morgan fingerprint density at radius 3 is 2.51 bits per heavy atom. The Kier molecular flexibility index (Phi) is 7.22. The average Bonchev–Trinajstić information content (AvgIpc) is 3.15. The summed E-state index contributed by atoms with van der Waals surface area (Å²) in [6.45, 7) is -1.51. The fraction of sp³-hybridized carbons (Fsp3) is 0.174. The van der Waals surface area contributed by atoms with E-state index in [2.05, 4.69) is 25.9 Å². The fourth-order valence-electron chi connectivity index (χ4n) is 3.24. The van der Waals surface area contributed by atoms with Crippen LogP contribution in [0.1, 0.15) is 5.56 Å². The molecule has 0 radical (unpaired) electrons. The molecule has 35 heavy (non-hydrogen) atoms. The van der Waals surface area contributed by atoms with Gasteiger partial charge < -0.3 is 14.6 Å². The minimum atomic E-state index is -4.55. The summed E-state index contributed by atoms with van der Waals surface area (Å²) in [5.41, 5.74) is 0.934. The van der Waals surface area contributed by atoms with E-state index in [1.807, 2.05) is 0 Å². The van der Waals surface area contributed by atoms with Crippen molar-refractivity contribution in [2.45, 2.75) is 18.7 Å². The number of halogens is 5. The number of carbonyl (C=O) groups is 1. The van der Waals surface area contributed by atoms with Crippen LogP contribution in [0.15, 0.2) is 59.3 Å². The maximum Gasteiger partial charge on any atom is 0.422 e. The van der Waals surface area contributed by atoms with Gasteiger partial charge in [-0.3, -0.25) is 0 Å². The van der Waals surface area contributed by atoms with Crippen LogP contribution in [-0.2, 0) is 11.2 Å². The first kappa shape index (κ1) is 24.9. The lowest BCUT2D eigenvalue weighted by Gasteiger charge is -2.18. The van der Waals surface area contributed by atoms with Crippen LogP contribution in [0.25, 0.3) is 20.7 Å². The van der Waals surface area contributed by atoms with Crippen LogP contribution in [0, 0.1) is 5.82 Å². The molecule has 1 atom stereocenters. The Bertz CT molecular complexity index is 1360. The molecule has 4 rings (SSSR count). The Hall–Kier alpha value is -3.25. The van der Waals surface area contributed by atoms with Crippen molar-refractivity contribution in [2.24, 2.45) is 0 Å². The molecule has 1 N–H and O–H groups in total. The van der Waals surface area contributed by atoms with Crippen molar-refractivity contribution in [3.63, 3.8) is 0 Å². The van der Waals surface area contributed by atoms with Gasteiger partial charge in [0, 0.05) is 6.42 Å². The van der Waals surface area contributed by atoms with Crippen molar-refractivity contribution < 1.29 is 36.9 Å². The summed E-state index contributed by atoms with van der Waals surface area (Å²) in [5, 5.41) is 10.2. The SMILES string of the molecule is O=C(O)[C@@H](Cc1ccccc1OCC(F)(F)F)Oc1ncnc2sc(-c3ccc(F)cc3)c(Br)c12. The summed E-state index contributed by atoms with van der Waals surface area (Å²) in [5.74, 6) is -1.85. The number of ether oxygens (including phenoxy) is 2. The third-order valence-electron chi connectivity index (χ3n) is 4.80. The lowest BCUT2D eigenvalue weighted by Crippen LogP contribution is -2.30. The molecule has 0 aliphatic heterocycles. The minimum Gasteiger partial charge on any atom is -0.484 e. The molecule has 2 heterocycles. The zero-order valence-corrected chi connectivity index (χ0v) is 20.0. The molecule has 0 saturated carbocycles. The molecule has 4 aromatic rings. The number of rotatable bonds is 8. The number of carboxylic acids is 1. The van der Waals surface area contributed by atoms with Crippen molar-refractivity contribution in [3.8, 4) is 22.1 Å². The van der Waals surface area contributed by atoms with Crippen LogP contribution >= 0.6 is 27.3 Å². The van der Waals surface area contributed by atoms with E-state index in [1.54, 1.807) is 18.2 Å². The van der Waals surface area contributed by atoms with Gasteiger partial charge in [0.15, 0.2) is 6.61 Å². The van der Waals surface area contributed by atoms with E-state index < -0.39 is 30.7 Å². The number of hydrogen-bond acceptors (Lipinski definition) is 6. The summed E-state index contributed by atoms with van der Waals surface area (Å²) in [7, 11) is 0. The van der Waals surface area contributed by atoms with E-state index in [1.165, 1.54) is 48.0 Å². The number of hydrogen-bond donors (Lipinski definition) is 1. The van der Waals surface area contributed by atoms with Gasteiger partial charge in [-0.05, 0) is 45.3 Å². The lowest BCUT2D eigenvalue weighted by atomic mass is 10.1. The van der Waals surface area contributed by atoms with Crippen molar-refractivity contribution in [1.29, 1.82) is 0 Å². The number of alkyl halides is 3. The van der Waals surface area contributed by atoms with Crippen LogP contribution < -0.4 is 9.47 Å². The molecule has 12 heteroatoms. The number of nitrogens with zero attached hydrogens (tertiary/aromatic N) is 2. The topological polar surface area (TPSA) is 81.5 Å². The van der Waals surface area contributed by atoms with Crippen LogP contribution in [0.2, 0.25) is 0 Å². The van der Waals surface area contributed by atoms with Crippen LogP contribution in [0.5, 0.6) is 11.6 Å². The molecule has 0 amide bonds. The number of fused-ring (bicyclic) bond motifs is 1. The van der Waals surface area contributed by atoms with Gasteiger partial charge in [-0.1, -0.05) is 30.3 Å². The number of aliphatic carboxylic acids is 1. The number of benzene rings is 2. The Morgan fingerprint density at radius 2 is 1.83 bits per heavy atom.